The second-order valence-corrected chi connectivity index (χ2v) is 4.64. The number of terminal acetylenes is 1. The number of hydrogen-bond acceptors (Lipinski definition) is 2. The molecule has 0 saturated heterocycles. The van der Waals surface area contributed by atoms with E-state index >= 15 is 0 Å². The van der Waals surface area contributed by atoms with Crippen molar-refractivity contribution < 1.29 is 0 Å². The molecule has 0 fully saturated rings. The van der Waals surface area contributed by atoms with Gasteiger partial charge in [-0.15, -0.1) is 18.2 Å². The standard InChI is InChI=1S/C13H17NS/c1-4-7-14-8-9-15-13-6-5-11(2)12(3)10-13/h1,5-6,10,14H,7-9H2,2-3H3. The van der Waals surface area contributed by atoms with Crippen LogP contribution in [0.1, 0.15) is 11.1 Å². The van der Waals surface area contributed by atoms with E-state index in [9.17, 15) is 0 Å². The van der Waals surface area contributed by atoms with E-state index in [4.69, 9.17) is 6.42 Å². The lowest BCUT2D eigenvalue weighted by molar-refractivity contribution is 0.818. The van der Waals surface area contributed by atoms with Crippen LogP contribution in [0, 0.1) is 26.2 Å². The Hall–Kier alpha value is -0.910. The highest BCUT2D eigenvalue weighted by Gasteiger charge is 1.96. The highest BCUT2D eigenvalue weighted by molar-refractivity contribution is 7.99. The number of rotatable bonds is 5. The zero-order valence-electron chi connectivity index (χ0n) is 9.34. The lowest BCUT2D eigenvalue weighted by Crippen LogP contribution is -2.16. The summed E-state index contributed by atoms with van der Waals surface area (Å²) in [7, 11) is 0. The van der Waals surface area contributed by atoms with Crippen molar-refractivity contribution in [2.45, 2.75) is 18.7 Å². The van der Waals surface area contributed by atoms with E-state index in [2.05, 4.69) is 43.3 Å². The fraction of sp³-hybridized carbons (Fsp3) is 0.385. The molecule has 0 amide bonds. The highest BCUT2D eigenvalue weighted by Crippen LogP contribution is 2.20. The first-order valence-electron chi connectivity index (χ1n) is 5.08. The molecule has 0 bridgehead atoms. The van der Waals surface area contributed by atoms with Gasteiger partial charge in [-0.2, -0.15) is 0 Å². The first-order chi connectivity index (χ1) is 7.24. The Balaban J connectivity index is 2.32. The second-order valence-electron chi connectivity index (χ2n) is 3.48. The normalized spacial score (nSPS) is 9.93. The van der Waals surface area contributed by atoms with Crippen molar-refractivity contribution in [3.8, 4) is 12.3 Å². The van der Waals surface area contributed by atoms with Crippen LogP contribution in [0.3, 0.4) is 0 Å². The van der Waals surface area contributed by atoms with Gasteiger partial charge in [0.1, 0.15) is 0 Å². The van der Waals surface area contributed by atoms with Crippen molar-refractivity contribution in [3.63, 3.8) is 0 Å². The molecule has 0 unspecified atom stereocenters. The van der Waals surface area contributed by atoms with E-state index in [1.165, 1.54) is 16.0 Å². The van der Waals surface area contributed by atoms with Crippen LogP contribution in [0.15, 0.2) is 23.1 Å². The van der Waals surface area contributed by atoms with Crippen LogP contribution in [0.2, 0.25) is 0 Å². The van der Waals surface area contributed by atoms with E-state index in [-0.39, 0.29) is 0 Å². The number of thioether (sulfide) groups is 1. The summed E-state index contributed by atoms with van der Waals surface area (Å²) >= 11 is 1.86. The van der Waals surface area contributed by atoms with Gasteiger partial charge in [-0.3, -0.25) is 0 Å². The quantitative estimate of drug-likeness (QED) is 0.464. The molecule has 0 saturated carbocycles. The Morgan fingerprint density at radius 1 is 1.33 bits per heavy atom. The van der Waals surface area contributed by atoms with Crippen LogP contribution in [0.25, 0.3) is 0 Å². The summed E-state index contributed by atoms with van der Waals surface area (Å²) in [5.74, 6) is 3.62. The van der Waals surface area contributed by atoms with Crippen molar-refractivity contribution in [2.24, 2.45) is 0 Å². The van der Waals surface area contributed by atoms with Crippen molar-refractivity contribution in [1.29, 1.82) is 0 Å². The molecule has 2 heteroatoms. The van der Waals surface area contributed by atoms with Gasteiger partial charge in [-0.25, -0.2) is 0 Å². The molecule has 1 N–H and O–H groups in total. The maximum absolute atomic E-state index is 5.14. The third-order valence-electron chi connectivity index (χ3n) is 2.25. The molecule has 1 aromatic carbocycles. The van der Waals surface area contributed by atoms with Crippen LogP contribution in [-0.2, 0) is 0 Å². The summed E-state index contributed by atoms with van der Waals surface area (Å²) in [6.45, 7) is 5.91. The summed E-state index contributed by atoms with van der Waals surface area (Å²) in [5.41, 5.74) is 2.71. The summed E-state index contributed by atoms with van der Waals surface area (Å²) < 4.78 is 0. The summed E-state index contributed by atoms with van der Waals surface area (Å²) in [4.78, 5) is 1.33. The van der Waals surface area contributed by atoms with Crippen LogP contribution in [0.5, 0.6) is 0 Å². The average Bonchev–Trinajstić information content (AvgIpc) is 2.23. The van der Waals surface area contributed by atoms with Gasteiger partial charge in [0.05, 0.1) is 6.54 Å². The van der Waals surface area contributed by atoms with E-state index in [1.54, 1.807) is 0 Å². The number of nitrogens with one attached hydrogen (secondary N) is 1. The largest absolute Gasteiger partial charge is 0.305 e. The zero-order chi connectivity index (χ0) is 11.1. The predicted octanol–water partition coefficient (Wildman–Crippen LogP) is 2.62. The molecule has 0 radical (unpaired) electrons. The van der Waals surface area contributed by atoms with E-state index in [1.807, 2.05) is 11.8 Å². The maximum Gasteiger partial charge on any atom is 0.0574 e. The topological polar surface area (TPSA) is 12.0 Å². The Morgan fingerprint density at radius 3 is 2.80 bits per heavy atom. The summed E-state index contributed by atoms with van der Waals surface area (Å²) in [5, 5.41) is 3.17. The number of aryl methyl sites for hydroxylation is 2. The van der Waals surface area contributed by atoms with Crippen LogP contribution in [0.4, 0.5) is 0 Å². The van der Waals surface area contributed by atoms with Crippen molar-refractivity contribution in [2.75, 3.05) is 18.8 Å². The molecule has 80 valence electrons. The molecule has 0 atom stereocenters. The van der Waals surface area contributed by atoms with Crippen LogP contribution >= 0.6 is 11.8 Å². The molecule has 15 heavy (non-hydrogen) atoms. The van der Waals surface area contributed by atoms with Gasteiger partial charge < -0.3 is 5.32 Å². The van der Waals surface area contributed by atoms with Gasteiger partial charge in [0.25, 0.3) is 0 Å². The van der Waals surface area contributed by atoms with Gasteiger partial charge in [-0.05, 0) is 37.1 Å². The van der Waals surface area contributed by atoms with E-state index in [0.717, 1.165) is 12.3 Å². The lowest BCUT2D eigenvalue weighted by atomic mass is 10.1. The molecule has 0 aromatic heterocycles. The van der Waals surface area contributed by atoms with Gasteiger partial charge in [0, 0.05) is 17.2 Å². The van der Waals surface area contributed by atoms with Gasteiger partial charge in [0.2, 0.25) is 0 Å². The smallest absolute Gasteiger partial charge is 0.0574 e. The van der Waals surface area contributed by atoms with Gasteiger partial charge in [0.15, 0.2) is 0 Å². The fourth-order valence-electron chi connectivity index (χ4n) is 1.21. The maximum atomic E-state index is 5.14. The molecular weight excluding hydrogens is 202 g/mol. The molecule has 1 aromatic rings. The Kier molecular flexibility index (Phi) is 5.31. The molecule has 0 aliphatic rings. The first kappa shape index (κ1) is 12.2. The number of benzene rings is 1. The SMILES string of the molecule is C#CCNCCSc1ccc(C)c(C)c1. The fourth-order valence-corrected chi connectivity index (χ4v) is 2.11. The van der Waals surface area contributed by atoms with Crippen molar-refractivity contribution in [1.82, 2.24) is 5.32 Å². The third kappa shape index (κ3) is 4.42. The molecule has 0 heterocycles. The van der Waals surface area contributed by atoms with Crippen molar-refractivity contribution >= 4 is 11.8 Å². The first-order valence-corrected chi connectivity index (χ1v) is 6.07. The summed E-state index contributed by atoms with van der Waals surface area (Å²) in [6.07, 6.45) is 5.14. The summed E-state index contributed by atoms with van der Waals surface area (Å²) in [6, 6.07) is 6.59. The average molecular weight is 219 g/mol. The van der Waals surface area contributed by atoms with Crippen LogP contribution in [-0.4, -0.2) is 18.8 Å². The molecule has 1 rings (SSSR count). The molecule has 0 spiro atoms. The Labute approximate surface area is 96.7 Å². The molecule has 1 nitrogen and oxygen atoms in total. The minimum atomic E-state index is 0.660. The van der Waals surface area contributed by atoms with Crippen LogP contribution < -0.4 is 5.32 Å². The minimum Gasteiger partial charge on any atom is -0.305 e. The molecule has 0 aliphatic heterocycles. The van der Waals surface area contributed by atoms with Crippen molar-refractivity contribution in [3.05, 3.63) is 29.3 Å². The second kappa shape index (κ2) is 6.55. The molecular formula is C13H17NS. The van der Waals surface area contributed by atoms with E-state index in [0.29, 0.717) is 6.54 Å². The lowest BCUT2D eigenvalue weighted by Gasteiger charge is -2.05. The minimum absolute atomic E-state index is 0.660. The Bertz CT molecular complexity index is 352. The third-order valence-corrected chi connectivity index (χ3v) is 3.25. The number of hydrogen-bond donors (Lipinski definition) is 1. The monoisotopic (exact) mass is 219 g/mol. The molecule has 0 aliphatic carbocycles. The van der Waals surface area contributed by atoms with Gasteiger partial charge >= 0.3 is 0 Å². The van der Waals surface area contributed by atoms with Gasteiger partial charge in [-0.1, -0.05) is 12.0 Å². The zero-order valence-corrected chi connectivity index (χ0v) is 10.2. The Morgan fingerprint density at radius 2 is 2.13 bits per heavy atom. The van der Waals surface area contributed by atoms with E-state index < -0.39 is 0 Å². The predicted molar refractivity (Wildman–Crippen MR) is 68.3 cm³/mol. The highest BCUT2D eigenvalue weighted by atomic mass is 32.2.